The summed E-state index contributed by atoms with van der Waals surface area (Å²) in [6.07, 6.45) is 51.4. The number of carboxylic acid groups (broad SMARTS) is 1. The second-order valence-electron chi connectivity index (χ2n) is 13.6. The van der Waals surface area contributed by atoms with Crippen molar-refractivity contribution in [3.8, 4) is 0 Å². The van der Waals surface area contributed by atoms with E-state index in [9.17, 15) is 4.79 Å². The molecule has 1 atom stereocenters. The number of carbonyl (C=O) groups is 1. The van der Waals surface area contributed by atoms with Gasteiger partial charge in [0.25, 0.3) is 0 Å². The molecule has 0 fully saturated rings. The van der Waals surface area contributed by atoms with E-state index >= 15 is 0 Å². The second kappa shape index (κ2) is 37.6. The van der Waals surface area contributed by atoms with Crippen LogP contribution in [-0.4, -0.2) is 42.9 Å². The smallest absolute Gasteiger partial charge is 0.450 e. The van der Waals surface area contributed by atoms with Crippen LogP contribution in [0.2, 0.25) is 0 Å². The topological polar surface area (TPSA) is 49.8 Å². The maximum absolute atomic E-state index is 11.1. The molecule has 0 saturated heterocycles. The third-order valence-electron chi connectivity index (χ3n) is 8.72. The Morgan fingerprint density at radius 3 is 1.24 bits per heavy atom. The first kappa shape index (κ1) is 44.2. The number of hydrogen-bond acceptors (Lipinski definition) is 3. The van der Waals surface area contributed by atoms with Crippen molar-refractivity contribution in [1.29, 1.82) is 0 Å². The maximum atomic E-state index is 11.1. The van der Waals surface area contributed by atoms with Crippen LogP contribution in [0.4, 0.5) is 4.79 Å². The summed E-state index contributed by atoms with van der Waals surface area (Å²) < 4.78 is 5.20. The quantitative estimate of drug-likeness (QED) is 0.0424. The molecule has 1 unspecified atom stereocenters. The third kappa shape index (κ3) is 38.4. The van der Waals surface area contributed by atoms with E-state index in [2.05, 4.69) is 74.5 Å². The zero-order valence-electron chi connectivity index (χ0n) is 30.9. The highest BCUT2D eigenvalue weighted by Crippen LogP contribution is 2.17. The standard InChI is InChI=1S/C42H77NO3/c1-4-5-6-7-8-9-10-11-17-20-23-26-29-32-35-38-41(46-42(44)45)39-36-33-30-27-24-21-18-15-13-12-14-16-19-22-25-28-31-34-37-40-43(2)3/h8-9,11-12,14-15,17-18,41H,4-7,10,13,16,19-40H2,1-3H3,(H,44,45). The minimum atomic E-state index is -1.12. The molecular formula is C42H77NO3. The van der Waals surface area contributed by atoms with Gasteiger partial charge in [-0.15, -0.1) is 0 Å². The highest BCUT2D eigenvalue weighted by atomic mass is 16.7. The van der Waals surface area contributed by atoms with Crippen molar-refractivity contribution in [3.63, 3.8) is 0 Å². The SMILES string of the molecule is CCCCCC=CCC=CCCCCCCCC(CCCCCCCC=CCC=CCCCCCCCCCN(C)C)OC(=O)O. The molecule has 0 saturated carbocycles. The molecule has 4 heteroatoms. The molecule has 1 N–H and O–H groups in total. The Morgan fingerprint density at radius 1 is 0.522 bits per heavy atom. The Kier molecular flexibility index (Phi) is 36.2. The molecule has 4 nitrogen and oxygen atoms in total. The minimum absolute atomic E-state index is 0.130. The summed E-state index contributed by atoms with van der Waals surface area (Å²) in [4.78, 5) is 13.4. The van der Waals surface area contributed by atoms with Crippen LogP contribution >= 0.6 is 0 Å². The van der Waals surface area contributed by atoms with Gasteiger partial charge < -0.3 is 14.7 Å². The molecular weight excluding hydrogens is 566 g/mol. The van der Waals surface area contributed by atoms with Crippen molar-refractivity contribution >= 4 is 6.16 Å². The van der Waals surface area contributed by atoms with Crippen molar-refractivity contribution in [2.75, 3.05) is 20.6 Å². The predicted molar refractivity (Wildman–Crippen MR) is 203 cm³/mol. The van der Waals surface area contributed by atoms with E-state index in [-0.39, 0.29) is 6.10 Å². The zero-order chi connectivity index (χ0) is 33.6. The van der Waals surface area contributed by atoms with Crippen molar-refractivity contribution in [1.82, 2.24) is 4.90 Å². The lowest BCUT2D eigenvalue weighted by Gasteiger charge is -2.15. The van der Waals surface area contributed by atoms with E-state index in [4.69, 9.17) is 9.84 Å². The van der Waals surface area contributed by atoms with Crippen LogP contribution in [0.15, 0.2) is 48.6 Å². The minimum Gasteiger partial charge on any atom is -0.450 e. The molecule has 0 amide bonds. The predicted octanol–water partition coefficient (Wildman–Crippen LogP) is 13.8. The average Bonchev–Trinajstić information content (AvgIpc) is 3.03. The monoisotopic (exact) mass is 644 g/mol. The van der Waals surface area contributed by atoms with Crippen LogP contribution < -0.4 is 0 Å². The van der Waals surface area contributed by atoms with Crippen molar-refractivity contribution in [3.05, 3.63) is 48.6 Å². The van der Waals surface area contributed by atoms with E-state index in [0.717, 1.165) is 38.5 Å². The number of rotatable bonds is 35. The van der Waals surface area contributed by atoms with Gasteiger partial charge in [0, 0.05) is 0 Å². The van der Waals surface area contributed by atoms with Crippen LogP contribution in [0, 0.1) is 0 Å². The molecule has 0 aliphatic heterocycles. The van der Waals surface area contributed by atoms with Gasteiger partial charge in [0.2, 0.25) is 0 Å². The van der Waals surface area contributed by atoms with E-state index in [0.29, 0.717) is 0 Å². The second-order valence-corrected chi connectivity index (χ2v) is 13.6. The first-order valence-corrected chi connectivity index (χ1v) is 19.7. The number of ether oxygens (including phenoxy) is 1. The Balaban J connectivity index is 3.61. The number of allylic oxidation sites excluding steroid dienone is 8. The molecule has 0 aliphatic carbocycles. The van der Waals surface area contributed by atoms with Crippen LogP contribution in [0.1, 0.15) is 187 Å². The molecule has 0 aromatic rings. The fourth-order valence-corrected chi connectivity index (χ4v) is 5.83. The van der Waals surface area contributed by atoms with Crippen molar-refractivity contribution in [2.24, 2.45) is 0 Å². The highest BCUT2D eigenvalue weighted by molar-refractivity contribution is 5.57. The molecule has 0 rings (SSSR count). The lowest BCUT2D eigenvalue weighted by Crippen LogP contribution is -2.16. The summed E-state index contributed by atoms with van der Waals surface area (Å²) in [7, 11) is 4.32. The Bertz CT molecular complexity index is 739. The molecule has 0 spiro atoms. The van der Waals surface area contributed by atoms with Gasteiger partial charge in [-0.3, -0.25) is 0 Å². The van der Waals surface area contributed by atoms with Gasteiger partial charge in [-0.2, -0.15) is 0 Å². The molecule has 0 aliphatic rings. The van der Waals surface area contributed by atoms with E-state index in [1.54, 1.807) is 0 Å². The van der Waals surface area contributed by atoms with Gasteiger partial charge in [0.1, 0.15) is 6.10 Å². The normalized spacial score (nSPS) is 13.0. The molecule has 268 valence electrons. The lowest BCUT2D eigenvalue weighted by atomic mass is 10.0. The third-order valence-corrected chi connectivity index (χ3v) is 8.72. The van der Waals surface area contributed by atoms with E-state index in [1.165, 1.54) is 148 Å². The Morgan fingerprint density at radius 2 is 0.870 bits per heavy atom. The van der Waals surface area contributed by atoms with Gasteiger partial charge in [-0.1, -0.05) is 139 Å². The van der Waals surface area contributed by atoms with Crippen molar-refractivity contribution < 1.29 is 14.6 Å². The van der Waals surface area contributed by atoms with Crippen molar-refractivity contribution in [2.45, 2.75) is 193 Å². The Labute approximate surface area is 287 Å². The molecule has 0 radical (unpaired) electrons. The number of nitrogens with zero attached hydrogens (tertiary/aromatic N) is 1. The molecule has 0 aromatic carbocycles. The average molecular weight is 644 g/mol. The summed E-state index contributed by atoms with van der Waals surface area (Å²) in [5.41, 5.74) is 0. The molecule has 0 bridgehead atoms. The van der Waals surface area contributed by atoms with Crippen LogP contribution in [-0.2, 0) is 4.74 Å². The largest absolute Gasteiger partial charge is 0.506 e. The summed E-state index contributed by atoms with van der Waals surface area (Å²) in [6, 6.07) is 0. The van der Waals surface area contributed by atoms with Gasteiger partial charge in [0.15, 0.2) is 0 Å². The first-order valence-electron chi connectivity index (χ1n) is 19.7. The number of hydrogen-bond donors (Lipinski definition) is 1. The first-order chi connectivity index (χ1) is 22.6. The van der Waals surface area contributed by atoms with E-state index in [1.807, 2.05) is 0 Å². The van der Waals surface area contributed by atoms with Crippen LogP contribution in [0.5, 0.6) is 0 Å². The maximum Gasteiger partial charge on any atom is 0.506 e. The Hall–Kier alpha value is -1.81. The molecule has 46 heavy (non-hydrogen) atoms. The van der Waals surface area contributed by atoms with Crippen LogP contribution in [0.25, 0.3) is 0 Å². The fourth-order valence-electron chi connectivity index (χ4n) is 5.83. The van der Waals surface area contributed by atoms with Gasteiger partial charge in [-0.25, -0.2) is 4.79 Å². The fraction of sp³-hybridized carbons (Fsp3) is 0.786. The molecule has 0 aromatic heterocycles. The lowest BCUT2D eigenvalue weighted by molar-refractivity contribution is 0.0422. The summed E-state index contributed by atoms with van der Waals surface area (Å²) in [5.74, 6) is 0. The summed E-state index contributed by atoms with van der Waals surface area (Å²) in [5, 5.41) is 9.14. The molecule has 0 heterocycles. The number of unbranched alkanes of at least 4 members (excludes halogenated alkanes) is 20. The van der Waals surface area contributed by atoms with E-state index < -0.39 is 6.16 Å². The summed E-state index contributed by atoms with van der Waals surface area (Å²) in [6.45, 7) is 3.48. The van der Waals surface area contributed by atoms with Crippen LogP contribution in [0.3, 0.4) is 0 Å². The zero-order valence-corrected chi connectivity index (χ0v) is 30.9. The summed E-state index contributed by atoms with van der Waals surface area (Å²) >= 11 is 0. The van der Waals surface area contributed by atoms with Gasteiger partial charge in [-0.05, 0) is 117 Å². The van der Waals surface area contributed by atoms with Gasteiger partial charge in [0.05, 0.1) is 0 Å². The highest BCUT2D eigenvalue weighted by Gasteiger charge is 2.13. The van der Waals surface area contributed by atoms with Gasteiger partial charge >= 0.3 is 6.16 Å².